The van der Waals surface area contributed by atoms with Gasteiger partial charge < -0.3 is 14.2 Å². The first-order chi connectivity index (χ1) is 7.95. The van der Waals surface area contributed by atoms with Gasteiger partial charge in [0.05, 0.1) is 26.2 Å². The Morgan fingerprint density at radius 1 is 1.00 bits per heavy atom. The van der Waals surface area contributed by atoms with Crippen molar-refractivity contribution in [2.75, 3.05) is 26.4 Å². The lowest BCUT2D eigenvalue weighted by Gasteiger charge is -2.19. The zero-order chi connectivity index (χ0) is 13.1. The summed E-state index contributed by atoms with van der Waals surface area (Å²) >= 11 is 0. The molecule has 0 aromatic carbocycles. The molecule has 0 aromatic heterocycles. The predicted octanol–water partition coefficient (Wildman–Crippen LogP) is 2.55. The Kier molecular flexibility index (Phi) is 9.09. The van der Waals surface area contributed by atoms with Gasteiger partial charge in [0.1, 0.15) is 5.60 Å². The van der Waals surface area contributed by atoms with Gasteiger partial charge in [-0.2, -0.15) is 0 Å². The first kappa shape index (κ1) is 16.4. The van der Waals surface area contributed by atoms with Crippen molar-refractivity contribution < 1.29 is 19.0 Å². The van der Waals surface area contributed by atoms with Crippen LogP contribution in [-0.4, -0.2) is 38.0 Å². The van der Waals surface area contributed by atoms with E-state index in [1.807, 2.05) is 20.8 Å². The molecule has 17 heavy (non-hydrogen) atoms. The lowest BCUT2D eigenvalue weighted by Crippen LogP contribution is -2.24. The summed E-state index contributed by atoms with van der Waals surface area (Å²) in [4.78, 5) is 11.3. The van der Waals surface area contributed by atoms with Gasteiger partial charge in [-0.05, 0) is 27.2 Å². The molecule has 0 amide bonds. The molecule has 0 saturated carbocycles. The lowest BCUT2D eigenvalue weighted by molar-refractivity contribution is -0.156. The van der Waals surface area contributed by atoms with E-state index in [4.69, 9.17) is 14.2 Å². The first-order valence-corrected chi connectivity index (χ1v) is 6.33. The Balaban J connectivity index is 3.25. The molecule has 0 fully saturated rings. The summed E-state index contributed by atoms with van der Waals surface area (Å²) in [6, 6.07) is 0. The van der Waals surface area contributed by atoms with Gasteiger partial charge in [-0.15, -0.1) is 0 Å². The molecule has 0 aromatic rings. The quantitative estimate of drug-likeness (QED) is 0.463. The summed E-state index contributed by atoms with van der Waals surface area (Å²) in [7, 11) is 0. The summed E-state index contributed by atoms with van der Waals surface area (Å²) < 4.78 is 15.7. The second-order valence-electron chi connectivity index (χ2n) is 4.91. The van der Waals surface area contributed by atoms with Crippen molar-refractivity contribution in [2.24, 2.45) is 0 Å². The fourth-order valence-corrected chi connectivity index (χ4v) is 1.12. The van der Waals surface area contributed by atoms with Gasteiger partial charge in [-0.25, -0.2) is 0 Å². The van der Waals surface area contributed by atoms with Crippen molar-refractivity contribution in [3.8, 4) is 0 Å². The minimum atomic E-state index is -0.416. The van der Waals surface area contributed by atoms with Gasteiger partial charge in [0.25, 0.3) is 0 Å². The SMILES string of the molecule is CCCCOCCOCCC(=O)OC(C)(C)C. The second kappa shape index (κ2) is 9.42. The molecule has 0 saturated heterocycles. The van der Waals surface area contributed by atoms with Gasteiger partial charge in [0.15, 0.2) is 0 Å². The van der Waals surface area contributed by atoms with Crippen molar-refractivity contribution in [2.45, 2.75) is 52.6 Å². The van der Waals surface area contributed by atoms with Crippen molar-refractivity contribution in [1.29, 1.82) is 0 Å². The van der Waals surface area contributed by atoms with Crippen LogP contribution in [0.3, 0.4) is 0 Å². The zero-order valence-corrected chi connectivity index (χ0v) is 11.6. The fraction of sp³-hybridized carbons (Fsp3) is 0.923. The van der Waals surface area contributed by atoms with E-state index in [-0.39, 0.29) is 5.97 Å². The molecule has 4 heteroatoms. The molecule has 0 heterocycles. The maximum atomic E-state index is 11.3. The molecule has 0 aliphatic carbocycles. The summed E-state index contributed by atoms with van der Waals surface area (Å²) in [6.07, 6.45) is 2.52. The van der Waals surface area contributed by atoms with Crippen molar-refractivity contribution >= 4 is 5.97 Å². The highest BCUT2D eigenvalue weighted by molar-refractivity contribution is 5.69. The van der Waals surface area contributed by atoms with Gasteiger partial charge in [0.2, 0.25) is 0 Å². The Bertz CT molecular complexity index is 196. The number of hydrogen-bond acceptors (Lipinski definition) is 4. The monoisotopic (exact) mass is 246 g/mol. The summed E-state index contributed by atoms with van der Waals surface area (Å²) in [6.45, 7) is 9.99. The number of rotatable bonds is 9. The molecule has 0 rings (SSSR count). The van der Waals surface area contributed by atoms with Crippen LogP contribution in [0.25, 0.3) is 0 Å². The standard InChI is InChI=1S/C13H26O4/c1-5-6-8-15-10-11-16-9-7-12(14)17-13(2,3)4/h5-11H2,1-4H3. The molecule has 0 radical (unpaired) electrons. The molecule has 0 aliphatic rings. The van der Waals surface area contributed by atoms with E-state index in [2.05, 4.69) is 6.92 Å². The van der Waals surface area contributed by atoms with E-state index in [9.17, 15) is 4.79 Å². The van der Waals surface area contributed by atoms with Crippen LogP contribution in [0.5, 0.6) is 0 Å². The van der Waals surface area contributed by atoms with E-state index in [1.54, 1.807) is 0 Å². The van der Waals surface area contributed by atoms with Gasteiger partial charge in [-0.1, -0.05) is 13.3 Å². The number of carbonyl (C=O) groups is 1. The Hall–Kier alpha value is -0.610. The number of ether oxygens (including phenoxy) is 3. The third-order valence-corrected chi connectivity index (χ3v) is 1.88. The number of esters is 1. The molecular formula is C13H26O4. The molecule has 4 nitrogen and oxygen atoms in total. The third-order valence-electron chi connectivity index (χ3n) is 1.88. The molecule has 102 valence electrons. The van der Waals surface area contributed by atoms with E-state index in [0.29, 0.717) is 26.2 Å². The van der Waals surface area contributed by atoms with E-state index in [0.717, 1.165) is 19.4 Å². The van der Waals surface area contributed by atoms with Crippen LogP contribution in [0.15, 0.2) is 0 Å². The minimum absolute atomic E-state index is 0.218. The Morgan fingerprint density at radius 3 is 2.12 bits per heavy atom. The van der Waals surface area contributed by atoms with Crippen LogP contribution in [0.2, 0.25) is 0 Å². The minimum Gasteiger partial charge on any atom is -0.460 e. The highest BCUT2D eigenvalue weighted by Gasteiger charge is 2.15. The third kappa shape index (κ3) is 13.3. The highest BCUT2D eigenvalue weighted by atomic mass is 16.6. The average Bonchev–Trinajstić information content (AvgIpc) is 2.19. The van der Waals surface area contributed by atoms with Crippen LogP contribution in [0, 0.1) is 0 Å². The van der Waals surface area contributed by atoms with E-state index in [1.165, 1.54) is 0 Å². The molecule has 0 atom stereocenters. The average molecular weight is 246 g/mol. The summed E-state index contributed by atoms with van der Waals surface area (Å²) in [5.74, 6) is -0.218. The predicted molar refractivity (Wildman–Crippen MR) is 67.0 cm³/mol. The smallest absolute Gasteiger partial charge is 0.308 e. The second-order valence-corrected chi connectivity index (χ2v) is 4.91. The molecule has 0 aliphatic heterocycles. The number of unbranched alkanes of at least 4 members (excludes halogenated alkanes) is 1. The fourth-order valence-electron chi connectivity index (χ4n) is 1.12. The number of hydrogen-bond donors (Lipinski definition) is 0. The van der Waals surface area contributed by atoms with E-state index < -0.39 is 5.60 Å². The summed E-state index contributed by atoms with van der Waals surface area (Å²) in [5, 5.41) is 0. The van der Waals surface area contributed by atoms with Gasteiger partial charge in [-0.3, -0.25) is 4.79 Å². The van der Waals surface area contributed by atoms with Crippen LogP contribution in [-0.2, 0) is 19.0 Å². The summed E-state index contributed by atoms with van der Waals surface area (Å²) in [5.41, 5.74) is -0.416. The van der Waals surface area contributed by atoms with Crippen LogP contribution in [0.1, 0.15) is 47.0 Å². The largest absolute Gasteiger partial charge is 0.460 e. The molecule has 0 spiro atoms. The first-order valence-electron chi connectivity index (χ1n) is 6.33. The van der Waals surface area contributed by atoms with Gasteiger partial charge in [0, 0.05) is 6.61 Å². The Morgan fingerprint density at radius 2 is 1.59 bits per heavy atom. The molecule has 0 N–H and O–H groups in total. The van der Waals surface area contributed by atoms with Gasteiger partial charge >= 0.3 is 5.97 Å². The Labute approximate surface area is 105 Å². The molecule has 0 unspecified atom stereocenters. The maximum Gasteiger partial charge on any atom is 0.308 e. The number of carbonyl (C=O) groups excluding carboxylic acids is 1. The van der Waals surface area contributed by atoms with Crippen LogP contribution >= 0.6 is 0 Å². The maximum absolute atomic E-state index is 11.3. The highest BCUT2D eigenvalue weighted by Crippen LogP contribution is 2.07. The topological polar surface area (TPSA) is 44.8 Å². The molecule has 0 bridgehead atoms. The van der Waals surface area contributed by atoms with E-state index >= 15 is 0 Å². The normalized spacial score (nSPS) is 11.5. The zero-order valence-electron chi connectivity index (χ0n) is 11.6. The van der Waals surface area contributed by atoms with Crippen molar-refractivity contribution in [3.63, 3.8) is 0 Å². The molecular weight excluding hydrogens is 220 g/mol. The van der Waals surface area contributed by atoms with Crippen molar-refractivity contribution in [1.82, 2.24) is 0 Å². The van der Waals surface area contributed by atoms with Crippen LogP contribution in [0.4, 0.5) is 0 Å². The van der Waals surface area contributed by atoms with Crippen molar-refractivity contribution in [3.05, 3.63) is 0 Å². The lowest BCUT2D eigenvalue weighted by atomic mass is 10.2. The van der Waals surface area contributed by atoms with Crippen LogP contribution < -0.4 is 0 Å².